The second-order valence-corrected chi connectivity index (χ2v) is 9.09. The third-order valence-electron chi connectivity index (χ3n) is 5.43. The van der Waals surface area contributed by atoms with E-state index in [1.165, 1.54) is 12.8 Å². The molecule has 0 unspecified atom stereocenters. The van der Waals surface area contributed by atoms with E-state index in [4.69, 9.17) is 4.74 Å². The third kappa shape index (κ3) is 4.55. The van der Waals surface area contributed by atoms with Gasteiger partial charge in [-0.1, -0.05) is 20.8 Å². The van der Waals surface area contributed by atoms with E-state index in [9.17, 15) is 4.79 Å². The molecule has 0 bridgehead atoms. The number of hydrogen-bond acceptors (Lipinski definition) is 5. The van der Waals surface area contributed by atoms with Crippen LogP contribution in [0.1, 0.15) is 52.8 Å². The van der Waals surface area contributed by atoms with Crippen LogP contribution in [0.5, 0.6) is 0 Å². The zero-order chi connectivity index (χ0) is 18.8. The molecule has 0 radical (unpaired) electrons. The van der Waals surface area contributed by atoms with Gasteiger partial charge in [0.05, 0.1) is 13.2 Å². The Kier molecular flexibility index (Phi) is 5.55. The van der Waals surface area contributed by atoms with Crippen LogP contribution in [0, 0.1) is 10.8 Å². The zero-order valence-corrected chi connectivity index (χ0v) is 16.7. The van der Waals surface area contributed by atoms with E-state index < -0.39 is 0 Å². The number of aryl methyl sites for hydroxylation is 1. The molecule has 7 heteroatoms. The molecule has 26 heavy (non-hydrogen) atoms. The second kappa shape index (κ2) is 7.55. The fourth-order valence-electron chi connectivity index (χ4n) is 4.11. The number of nitrogens with zero attached hydrogens (tertiary/aromatic N) is 5. The number of aromatic nitrogens is 3. The van der Waals surface area contributed by atoms with Crippen molar-refractivity contribution in [2.45, 2.75) is 60.0 Å². The molecule has 0 N–H and O–H groups in total. The monoisotopic (exact) mass is 363 g/mol. The maximum absolute atomic E-state index is 12.4. The fraction of sp³-hybridized carbons (Fsp3) is 0.842. The Morgan fingerprint density at radius 2 is 2.08 bits per heavy atom. The molecule has 0 aromatic carbocycles. The summed E-state index contributed by atoms with van der Waals surface area (Å²) in [6.45, 7) is 14.2. The van der Waals surface area contributed by atoms with Gasteiger partial charge in [-0.25, -0.2) is 14.5 Å². The number of carbonyl (C=O) groups is 1. The summed E-state index contributed by atoms with van der Waals surface area (Å²) in [6, 6.07) is 0. The van der Waals surface area contributed by atoms with Gasteiger partial charge in [-0.05, 0) is 38.1 Å². The number of carbonyl (C=O) groups excluding carboxylic acids is 1. The van der Waals surface area contributed by atoms with Crippen LogP contribution in [0.15, 0.2) is 6.33 Å². The number of amides is 1. The minimum absolute atomic E-state index is 0.00391. The Morgan fingerprint density at radius 3 is 2.81 bits per heavy atom. The van der Waals surface area contributed by atoms with Crippen molar-refractivity contribution in [1.82, 2.24) is 24.6 Å². The fourth-order valence-corrected chi connectivity index (χ4v) is 4.11. The molecule has 2 saturated heterocycles. The second-order valence-electron chi connectivity index (χ2n) is 9.09. The number of ether oxygens (including phenoxy) is 1. The molecule has 0 aliphatic carbocycles. The van der Waals surface area contributed by atoms with Crippen LogP contribution in [0.25, 0.3) is 0 Å². The molecule has 1 atom stereocenters. The molecule has 1 amide bonds. The summed E-state index contributed by atoms with van der Waals surface area (Å²) in [5.41, 5.74) is 0.208. The Morgan fingerprint density at radius 1 is 1.27 bits per heavy atom. The highest BCUT2D eigenvalue weighted by Gasteiger charge is 2.43. The number of likely N-dealkylation sites (tertiary alicyclic amines) is 2. The smallest absolute Gasteiger partial charge is 0.409 e. The first-order valence-electron chi connectivity index (χ1n) is 9.81. The Balaban J connectivity index is 1.56. The van der Waals surface area contributed by atoms with Gasteiger partial charge in [0.1, 0.15) is 12.2 Å². The molecule has 0 saturated carbocycles. The number of piperidine rings is 1. The maximum Gasteiger partial charge on any atom is 0.409 e. The van der Waals surface area contributed by atoms with E-state index >= 15 is 0 Å². The summed E-state index contributed by atoms with van der Waals surface area (Å²) in [6.07, 6.45) is 4.91. The Hall–Kier alpha value is -1.63. The molecule has 3 rings (SSSR count). The van der Waals surface area contributed by atoms with Crippen LogP contribution in [-0.2, 0) is 17.8 Å². The average Bonchev–Trinajstić information content (AvgIpc) is 3.19. The summed E-state index contributed by atoms with van der Waals surface area (Å²) in [4.78, 5) is 21.2. The molecule has 2 aliphatic heterocycles. The quantitative estimate of drug-likeness (QED) is 0.823. The molecule has 3 heterocycles. The van der Waals surface area contributed by atoms with Crippen molar-refractivity contribution in [3.05, 3.63) is 12.2 Å². The van der Waals surface area contributed by atoms with Gasteiger partial charge in [0.15, 0.2) is 0 Å². The van der Waals surface area contributed by atoms with Gasteiger partial charge >= 0.3 is 6.09 Å². The van der Waals surface area contributed by atoms with Crippen molar-refractivity contribution in [3.8, 4) is 0 Å². The third-order valence-corrected chi connectivity index (χ3v) is 5.43. The molecule has 146 valence electrons. The Bertz CT molecular complexity index is 624. The van der Waals surface area contributed by atoms with E-state index in [1.807, 2.05) is 9.58 Å². The molecular formula is C19H33N5O2. The van der Waals surface area contributed by atoms with Gasteiger partial charge in [0, 0.05) is 31.6 Å². The van der Waals surface area contributed by atoms with E-state index in [2.05, 4.69) is 42.7 Å². The standard InChI is InChI=1S/C19H33N5O2/c1-5-24-16(20-15-21-24)11-22-9-6-7-19(12-22)8-10-23(13-19)17(25)26-14-18(2,3)4/h15H,5-14H2,1-4H3/t19-/m0/s1. The van der Waals surface area contributed by atoms with Gasteiger partial charge in [-0.2, -0.15) is 5.10 Å². The first-order chi connectivity index (χ1) is 12.3. The molecule has 2 fully saturated rings. The summed E-state index contributed by atoms with van der Waals surface area (Å²) >= 11 is 0. The van der Waals surface area contributed by atoms with Gasteiger partial charge < -0.3 is 9.64 Å². The lowest BCUT2D eigenvalue weighted by atomic mass is 9.79. The lowest BCUT2D eigenvalue weighted by molar-refractivity contribution is 0.0614. The molecule has 1 aromatic rings. The highest BCUT2D eigenvalue weighted by atomic mass is 16.6. The highest BCUT2D eigenvalue weighted by Crippen LogP contribution is 2.39. The maximum atomic E-state index is 12.4. The van der Waals surface area contributed by atoms with E-state index in [-0.39, 0.29) is 16.9 Å². The summed E-state index contributed by atoms with van der Waals surface area (Å²) in [5, 5.41) is 4.27. The summed E-state index contributed by atoms with van der Waals surface area (Å²) in [7, 11) is 0. The predicted molar refractivity (Wildman–Crippen MR) is 99.6 cm³/mol. The van der Waals surface area contributed by atoms with Gasteiger partial charge in [-0.3, -0.25) is 4.90 Å². The van der Waals surface area contributed by atoms with Crippen molar-refractivity contribution in [1.29, 1.82) is 0 Å². The van der Waals surface area contributed by atoms with Crippen molar-refractivity contribution < 1.29 is 9.53 Å². The predicted octanol–water partition coefficient (Wildman–Crippen LogP) is 2.77. The highest BCUT2D eigenvalue weighted by molar-refractivity contribution is 5.68. The number of rotatable bonds is 4. The summed E-state index contributed by atoms with van der Waals surface area (Å²) < 4.78 is 7.48. The first-order valence-corrected chi connectivity index (χ1v) is 9.81. The van der Waals surface area contributed by atoms with Gasteiger partial charge in [0.25, 0.3) is 0 Å². The number of hydrogen-bond donors (Lipinski definition) is 0. The van der Waals surface area contributed by atoms with E-state index in [1.54, 1.807) is 6.33 Å². The molecule has 1 spiro atoms. The lowest BCUT2D eigenvalue weighted by Crippen LogP contribution is -2.45. The zero-order valence-electron chi connectivity index (χ0n) is 16.7. The summed E-state index contributed by atoms with van der Waals surface area (Å²) in [5.74, 6) is 1.03. The lowest BCUT2D eigenvalue weighted by Gasteiger charge is -2.40. The normalized spacial score (nSPS) is 24.4. The Labute approximate surface area is 156 Å². The van der Waals surface area contributed by atoms with Crippen molar-refractivity contribution in [3.63, 3.8) is 0 Å². The van der Waals surface area contributed by atoms with Crippen LogP contribution >= 0.6 is 0 Å². The van der Waals surface area contributed by atoms with Crippen LogP contribution < -0.4 is 0 Å². The molecule has 2 aliphatic rings. The average molecular weight is 364 g/mol. The van der Waals surface area contributed by atoms with Crippen LogP contribution in [0.4, 0.5) is 4.79 Å². The van der Waals surface area contributed by atoms with Crippen LogP contribution in [0.2, 0.25) is 0 Å². The molecule has 7 nitrogen and oxygen atoms in total. The van der Waals surface area contributed by atoms with Gasteiger partial charge in [0.2, 0.25) is 0 Å². The largest absolute Gasteiger partial charge is 0.449 e. The first kappa shape index (κ1) is 19.1. The van der Waals surface area contributed by atoms with Crippen molar-refractivity contribution in [2.24, 2.45) is 10.8 Å². The van der Waals surface area contributed by atoms with E-state index in [0.717, 1.165) is 51.5 Å². The van der Waals surface area contributed by atoms with Crippen molar-refractivity contribution >= 4 is 6.09 Å². The van der Waals surface area contributed by atoms with Gasteiger partial charge in [-0.15, -0.1) is 0 Å². The molecular weight excluding hydrogens is 330 g/mol. The minimum Gasteiger partial charge on any atom is -0.449 e. The van der Waals surface area contributed by atoms with Crippen molar-refractivity contribution in [2.75, 3.05) is 32.8 Å². The minimum atomic E-state index is -0.153. The van der Waals surface area contributed by atoms with Crippen LogP contribution in [-0.4, -0.2) is 63.4 Å². The van der Waals surface area contributed by atoms with E-state index in [0.29, 0.717) is 6.61 Å². The SMILES string of the molecule is CCn1ncnc1CN1CCC[C@]2(CCN(C(=O)OCC(C)(C)C)C2)C1. The topological polar surface area (TPSA) is 63.5 Å². The van der Waals surface area contributed by atoms with Crippen LogP contribution in [0.3, 0.4) is 0 Å². The molecule has 1 aromatic heterocycles.